The molecule has 33 heavy (non-hydrogen) atoms. The lowest BCUT2D eigenvalue weighted by Gasteiger charge is -2.09. The lowest BCUT2D eigenvalue weighted by atomic mass is 9.96. The van der Waals surface area contributed by atoms with Gasteiger partial charge in [0.05, 0.1) is 24.0 Å². The van der Waals surface area contributed by atoms with Crippen molar-refractivity contribution in [2.24, 2.45) is 13.0 Å². The highest BCUT2D eigenvalue weighted by molar-refractivity contribution is 6.13. The van der Waals surface area contributed by atoms with Crippen molar-refractivity contribution < 1.29 is 18.6 Å². The lowest BCUT2D eigenvalue weighted by Crippen LogP contribution is -2.31. The van der Waals surface area contributed by atoms with Gasteiger partial charge in [0.25, 0.3) is 0 Å². The van der Waals surface area contributed by atoms with Gasteiger partial charge < -0.3 is 4.42 Å². The molecule has 0 spiro atoms. The van der Waals surface area contributed by atoms with Crippen molar-refractivity contribution in [2.75, 3.05) is 0 Å². The summed E-state index contributed by atoms with van der Waals surface area (Å²) >= 11 is 0. The summed E-state index contributed by atoms with van der Waals surface area (Å²) in [5, 5.41) is 11.1. The van der Waals surface area contributed by atoms with Gasteiger partial charge in [0.15, 0.2) is 6.20 Å². The van der Waals surface area contributed by atoms with E-state index in [2.05, 4.69) is 6.07 Å². The minimum atomic E-state index is -1.56. The van der Waals surface area contributed by atoms with Gasteiger partial charge in [-0.3, -0.25) is 0 Å². The molecule has 5 aromatic rings. The van der Waals surface area contributed by atoms with Crippen LogP contribution in [0.3, 0.4) is 0 Å². The first-order valence-electron chi connectivity index (χ1n) is 14.3. The van der Waals surface area contributed by atoms with Crippen molar-refractivity contribution in [1.82, 2.24) is 0 Å². The summed E-state index contributed by atoms with van der Waals surface area (Å²) in [5.74, 6) is -0.250. The van der Waals surface area contributed by atoms with Crippen molar-refractivity contribution in [1.29, 1.82) is 5.26 Å². The monoisotopic (exact) mass is 438 g/mol. The highest BCUT2D eigenvalue weighted by atomic mass is 16.3. The smallest absolute Gasteiger partial charge is 0.216 e. The molecular weight excluding hydrogens is 404 g/mol. The molecular formula is C30H27N2O+. The molecule has 162 valence electrons. The molecule has 0 radical (unpaired) electrons. The Morgan fingerprint density at radius 2 is 1.85 bits per heavy atom. The topological polar surface area (TPSA) is 40.8 Å². The second kappa shape index (κ2) is 8.22. The third-order valence-corrected chi connectivity index (χ3v) is 5.71. The van der Waals surface area contributed by atoms with Crippen LogP contribution in [0.1, 0.15) is 40.1 Å². The molecule has 0 aliphatic heterocycles. The van der Waals surface area contributed by atoms with E-state index >= 15 is 0 Å². The van der Waals surface area contributed by atoms with E-state index in [4.69, 9.17) is 14.0 Å². The zero-order valence-corrected chi connectivity index (χ0v) is 18.9. The maximum atomic E-state index is 9.82. The number of aryl methyl sites for hydroxylation is 2. The van der Waals surface area contributed by atoms with Crippen LogP contribution < -0.4 is 4.57 Å². The summed E-state index contributed by atoms with van der Waals surface area (Å²) in [6.45, 7) is 5.61. The standard InChI is InChI=1S/C30H27N2O/c1-19(2)14-21-12-13-32(4)27(17-21)28-20(3)10-11-24-26-16-22(18-31)15-25(29(26)33-30(24)28)23-8-6-5-7-9-23/h5-13,15-17,19H,14H2,1-4H3/q+1/i5D,6D,7D,8D,9D,14D2. The molecule has 0 fully saturated rings. The van der Waals surface area contributed by atoms with Crippen LogP contribution in [0.5, 0.6) is 0 Å². The number of furan rings is 1. The zero-order valence-electron chi connectivity index (χ0n) is 25.9. The van der Waals surface area contributed by atoms with Crippen LogP contribution in [-0.4, -0.2) is 0 Å². The van der Waals surface area contributed by atoms with E-state index in [1.54, 1.807) is 12.1 Å². The number of nitriles is 1. The number of rotatable bonds is 4. The predicted molar refractivity (Wildman–Crippen MR) is 134 cm³/mol. The van der Waals surface area contributed by atoms with E-state index < -0.39 is 24.5 Å². The summed E-state index contributed by atoms with van der Waals surface area (Å²) in [4.78, 5) is 0. The minimum absolute atomic E-state index is 0.0388. The van der Waals surface area contributed by atoms with Gasteiger partial charge in [-0.05, 0) is 48.0 Å². The molecule has 0 bridgehead atoms. The van der Waals surface area contributed by atoms with Gasteiger partial charge >= 0.3 is 0 Å². The average Bonchev–Trinajstić information content (AvgIpc) is 3.29. The molecule has 3 aromatic carbocycles. The van der Waals surface area contributed by atoms with Crippen molar-refractivity contribution in [3.63, 3.8) is 0 Å². The van der Waals surface area contributed by atoms with Crippen molar-refractivity contribution in [2.45, 2.75) is 27.1 Å². The molecule has 0 saturated carbocycles. The number of pyridine rings is 1. The van der Waals surface area contributed by atoms with Gasteiger partial charge in [-0.1, -0.05) is 56.2 Å². The Hall–Kier alpha value is -3.90. The molecule has 0 aliphatic rings. The first-order valence-corrected chi connectivity index (χ1v) is 10.8. The highest BCUT2D eigenvalue weighted by Gasteiger charge is 2.23. The van der Waals surface area contributed by atoms with E-state index in [0.29, 0.717) is 27.5 Å². The van der Waals surface area contributed by atoms with E-state index in [9.17, 15) is 5.26 Å². The first-order chi connectivity index (χ1) is 18.8. The largest absolute Gasteiger partial charge is 0.454 e. The average molecular weight is 439 g/mol. The number of benzene rings is 3. The molecule has 0 saturated heterocycles. The van der Waals surface area contributed by atoms with Gasteiger partial charge in [-0.2, -0.15) is 5.26 Å². The number of hydrogen-bond acceptors (Lipinski definition) is 2. The van der Waals surface area contributed by atoms with Crippen LogP contribution in [0.25, 0.3) is 44.3 Å². The van der Waals surface area contributed by atoms with Crippen LogP contribution >= 0.6 is 0 Å². The normalized spacial score (nSPS) is 14.8. The van der Waals surface area contributed by atoms with Crippen molar-refractivity contribution in [3.8, 4) is 28.5 Å². The maximum absolute atomic E-state index is 9.82. The highest BCUT2D eigenvalue weighted by Crippen LogP contribution is 2.41. The predicted octanol–water partition coefficient (Wildman–Crippen LogP) is 7.12. The molecule has 0 amide bonds. The van der Waals surface area contributed by atoms with Gasteiger partial charge in [0, 0.05) is 31.2 Å². The number of aromatic nitrogens is 1. The van der Waals surface area contributed by atoms with Crippen LogP contribution in [0.4, 0.5) is 0 Å². The Bertz CT molecular complexity index is 1870. The Kier molecular flexibility index (Phi) is 3.56. The Morgan fingerprint density at radius 1 is 1.06 bits per heavy atom. The quantitative estimate of drug-likeness (QED) is 0.280. The molecule has 0 unspecified atom stereocenters. The Balaban J connectivity index is 1.91. The van der Waals surface area contributed by atoms with Gasteiger partial charge in [-0.25, -0.2) is 4.57 Å². The van der Waals surface area contributed by atoms with Gasteiger partial charge in [0.1, 0.15) is 18.2 Å². The molecule has 2 heterocycles. The molecule has 0 atom stereocenters. The first kappa shape index (κ1) is 14.3. The zero-order chi connectivity index (χ0) is 29.3. The van der Waals surface area contributed by atoms with Gasteiger partial charge in [0.2, 0.25) is 5.69 Å². The van der Waals surface area contributed by atoms with Crippen LogP contribution in [0.15, 0.2) is 77.2 Å². The fraction of sp³-hybridized carbons (Fsp3) is 0.200. The van der Waals surface area contributed by atoms with E-state index in [0.717, 1.165) is 16.8 Å². The fourth-order valence-electron chi connectivity index (χ4n) is 4.23. The fourth-order valence-corrected chi connectivity index (χ4v) is 4.23. The molecule has 0 aliphatic carbocycles. The Labute approximate surface area is 204 Å². The van der Waals surface area contributed by atoms with Crippen LogP contribution in [0.2, 0.25) is 0 Å². The summed E-state index contributed by atoms with van der Waals surface area (Å²) in [5.41, 5.74) is 4.15. The summed E-state index contributed by atoms with van der Waals surface area (Å²) < 4.78 is 67.0. The lowest BCUT2D eigenvalue weighted by molar-refractivity contribution is -0.660. The minimum Gasteiger partial charge on any atom is -0.454 e. The summed E-state index contributed by atoms with van der Waals surface area (Å²) in [7, 11) is 1.87. The summed E-state index contributed by atoms with van der Waals surface area (Å²) in [6, 6.07) is 10.5. The van der Waals surface area contributed by atoms with E-state index in [-0.39, 0.29) is 34.7 Å². The third-order valence-electron chi connectivity index (χ3n) is 5.71. The van der Waals surface area contributed by atoms with Crippen molar-refractivity contribution in [3.05, 3.63) is 89.5 Å². The number of nitrogens with zero attached hydrogens (tertiary/aromatic N) is 2. The molecule has 0 N–H and O–H groups in total. The second-order valence-electron chi connectivity index (χ2n) is 8.46. The van der Waals surface area contributed by atoms with Crippen molar-refractivity contribution >= 4 is 21.9 Å². The van der Waals surface area contributed by atoms with E-state index in [1.165, 1.54) is 6.07 Å². The molecule has 2 aromatic heterocycles. The third kappa shape index (κ3) is 3.68. The molecule has 3 nitrogen and oxygen atoms in total. The maximum Gasteiger partial charge on any atom is 0.216 e. The Morgan fingerprint density at radius 3 is 2.58 bits per heavy atom. The van der Waals surface area contributed by atoms with E-state index in [1.807, 2.05) is 56.8 Å². The molecule has 3 heteroatoms. The number of fused-ring (bicyclic) bond motifs is 3. The second-order valence-corrected chi connectivity index (χ2v) is 8.46. The van der Waals surface area contributed by atoms with Gasteiger partial charge in [-0.15, -0.1) is 0 Å². The molecule has 5 rings (SSSR count). The van der Waals surface area contributed by atoms with Crippen LogP contribution in [0, 0.1) is 24.2 Å². The number of hydrogen-bond donors (Lipinski definition) is 0. The van der Waals surface area contributed by atoms with Crippen LogP contribution in [-0.2, 0) is 13.4 Å². The SMILES string of the molecule is [2H]c1c([2H])c([2H])c(-c2cc(C#N)cc3c2oc2c(-c4cc(C([2H])([2H])C(C)C)cc[n+]4C)c(C)ccc23)c([2H])c1[2H]. The summed E-state index contributed by atoms with van der Waals surface area (Å²) in [6.07, 6.45) is 0.256.